The van der Waals surface area contributed by atoms with Crippen molar-refractivity contribution in [2.45, 2.75) is 45.8 Å². The second-order valence-corrected chi connectivity index (χ2v) is 7.08. The number of hydrogen-bond acceptors (Lipinski definition) is 5. The average molecular weight is 336 g/mol. The molecule has 0 saturated carbocycles. The highest BCUT2D eigenvalue weighted by Gasteiger charge is 2.30. The van der Waals surface area contributed by atoms with Crippen molar-refractivity contribution in [3.8, 4) is 11.5 Å². The molecule has 24 heavy (non-hydrogen) atoms. The van der Waals surface area contributed by atoms with Crippen LogP contribution >= 0.6 is 0 Å². The maximum atomic E-state index is 12.1. The first-order valence-corrected chi connectivity index (χ1v) is 8.20. The van der Waals surface area contributed by atoms with E-state index in [9.17, 15) is 4.79 Å². The van der Waals surface area contributed by atoms with Crippen molar-refractivity contribution in [1.29, 1.82) is 0 Å². The Morgan fingerprint density at radius 1 is 1.21 bits per heavy atom. The smallest absolute Gasteiger partial charge is 0.410 e. The molecule has 1 unspecified atom stereocenters. The number of aryl methyl sites for hydroxylation is 1. The van der Waals surface area contributed by atoms with Gasteiger partial charge in [-0.1, -0.05) is 0 Å². The van der Waals surface area contributed by atoms with Crippen molar-refractivity contribution >= 4 is 11.8 Å². The van der Waals surface area contributed by atoms with Crippen LogP contribution in [0.25, 0.3) is 0 Å². The quantitative estimate of drug-likeness (QED) is 0.913. The minimum Gasteiger partial charge on any atom is -0.493 e. The van der Waals surface area contributed by atoms with Crippen molar-refractivity contribution in [2.75, 3.05) is 32.6 Å². The molecule has 1 aromatic carbocycles. The maximum absolute atomic E-state index is 12.1. The summed E-state index contributed by atoms with van der Waals surface area (Å²) in [4.78, 5) is 13.9. The van der Waals surface area contributed by atoms with E-state index in [0.29, 0.717) is 24.6 Å². The molecule has 1 amide bonds. The van der Waals surface area contributed by atoms with E-state index in [1.807, 2.05) is 39.8 Å². The van der Waals surface area contributed by atoms with Crippen molar-refractivity contribution in [2.24, 2.45) is 0 Å². The molecular formula is C18H28N2O4. The molecule has 1 heterocycles. The van der Waals surface area contributed by atoms with Crippen LogP contribution in [-0.2, 0) is 4.74 Å². The van der Waals surface area contributed by atoms with Gasteiger partial charge in [-0.3, -0.25) is 0 Å². The van der Waals surface area contributed by atoms with Crippen molar-refractivity contribution in [1.82, 2.24) is 4.90 Å². The molecule has 0 bridgehead atoms. The topological polar surface area (TPSA) is 60.0 Å². The molecule has 0 radical (unpaired) electrons. The summed E-state index contributed by atoms with van der Waals surface area (Å²) >= 11 is 0. The van der Waals surface area contributed by atoms with Crippen molar-refractivity contribution in [3.63, 3.8) is 0 Å². The molecule has 1 aromatic rings. The number of amides is 1. The number of likely N-dealkylation sites (tertiary alicyclic amines) is 1. The maximum Gasteiger partial charge on any atom is 0.410 e. The Balaban J connectivity index is 2.02. The fraction of sp³-hybridized carbons (Fsp3) is 0.611. The van der Waals surface area contributed by atoms with Crippen LogP contribution in [0.3, 0.4) is 0 Å². The molecule has 1 N–H and O–H groups in total. The van der Waals surface area contributed by atoms with Crippen LogP contribution in [-0.4, -0.2) is 49.9 Å². The van der Waals surface area contributed by atoms with Gasteiger partial charge in [0.2, 0.25) is 0 Å². The summed E-state index contributed by atoms with van der Waals surface area (Å²) in [6, 6.07) is 4.07. The molecule has 2 rings (SSSR count). The third-order valence-electron chi connectivity index (χ3n) is 3.93. The molecule has 6 nitrogen and oxygen atoms in total. The van der Waals surface area contributed by atoms with Crippen LogP contribution in [0.5, 0.6) is 11.5 Å². The summed E-state index contributed by atoms with van der Waals surface area (Å²) in [7, 11) is 3.25. The zero-order valence-corrected chi connectivity index (χ0v) is 15.4. The molecule has 1 saturated heterocycles. The van der Waals surface area contributed by atoms with Gasteiger partial charge in [0.25, 0.3) is 0 Å². The predicted octanol–water partition coefficient (Wildman–Crippen LogP) is 3.43. The van der Waals surface area contributed by atoms with Gasteiger partial charge in [-0.15, -0.1) is 0 Å². The monoisotopic (exact) mass is 336 g/mol. The lowest BCUT2D eigenvalue weighted by Gasteiger charge is -2.24. The molecule has 1 aliphatic rings. The van der Waals surface area contributed by atoms with Crippen molar-refractivity contribution < 1.29 is 19.0 Å². The first-order valence-electron chi connectivity index (χ1n) is 8.20. The molecule has 0 aromatic heterocycles. The van der Waals surface area contributed by atoms with Gasteiger partial charge in [0.15, 0.2) is 11.5 Å². The van der Waals surface area contributed by atoms with Gasteiger partial charge >= 0.3 is 6.09 Å². The molecule has 134 valence electrons. The van der Waals surface area contributed by atoms with Gasteiger partial charge in [-0.05, 0) is 45.7 Å². The summed E-state index contributed by atoms with van der Waals surface area (Å²) in [5.74, 6) is 1.40. The number of carbonyl (C=O) groups excluding carboxylic acids is 1. The minimum absolute atomic E-state index is 0.189. The zero-order chi connectivity index (χ0) is 17.9. The van der Waals surface area contributed by atoms with E-state index in [2.05, 4.69) is 5.32 Å². The third kappa shape index (κ3) is 4.46. The Morgan fingerprint density at radius 3 is 2.42 bits per heavy atom. The Bertz CT molecular complexity index is 595. The van der Waals surface area contributed by atoms with E-state index in [0.717, 1.165) is 17.7 Å². The van der Waals surface area contributed by atoms with Gasteiger partial charge < -0.3 is 24.4 Å². The van der Waals surface area contributed by atoms with Crippen LogP contribution in [0.2, 0.25) is 0 Å². The summed E-state index contributed by atoms with van der Waals surface area (Å²) in [5.41, 5.74) is 1.59. The van der Waals surface area contributed by atoms with Crippen LogP contribution in [0, 0.1) is 6.92 Å². The van der Waals surface area contributed by atoms with Crippen LogP contribution in [0.15, 0.2) is 12.1 Å². The summed E-state index contributed by atoms with van der Waals surface area (Å²) < 4.78 is 16.1. The molecule has 1 aliphatic heterocycles. The lowest BCUT2D eigenvalue weighted by atomic mass is 10.1. The SMILES string of the molecule is COc1cc(C)c(NC2CCN(C(=O)OC(C)(C)C)C2)cc1OC. The Hall–Kier alpha value is -2.11. The highest BCUT2D eigenvalue weighted by molar-refractivity contribution is 5.69. The Kier molecular flexibility index (Phi) is 5.47. The lowest BCUT2D eigenvalue weighted by molar-refractivity contribution is 0.0293. The minimum atomic E-state index is -0.470. The van der Waals surface area contributed by atoms with E-state index in [1.54, 1.807) is 19.1 Å². The number of nitrogens with one attached hydrogen (secondary N) is 1. The summed E-state index contributed by atoms with van der Waals surface area (Å²) in [6.45, 7) is 8.98. The number of carbonyl (C=O) groups is 1. The normalized spacial score (nSPS) is 17.6. The van der Waals surface area contributed by atoms with Gasteiger partial charge in [0.1, 0.15) is 5.60 Å². The molecule has 1 fully saturated rings. The van der Waals surface area contributed by atoms with Gasteiger partial charge in [0, 0.05) is 30.9 Å². The summed E-state index contributed by atoms with van der Waals surface area (Å²) in [6.07, 6.45) is 0.628. The van der Waals surface area contributed by atoms with E-state index >= 15 is 0 Å². The molecule has 0 spiro atoms. The number of benzene rings is 1. The van der Waals surface area contributed by atoms with E-state index in [4.69, 9.17) is 14.2 Å². The van der Waals surface area contributed by atoms with Crippen LogP contribution in [0.4, 0.5) is 10.5 Å². The number of anilines is 1. The summed E-state index contributed by atoms with van der Waals surface area (Å²) in [5, 5.41) is 3.50. The molecule has 0 aliphatic carbocycles. The molecule has 6 heteroatoms. The Labute approximate surface area is 144 Å². The van der Waals surface area contributed by atoms with Crippen LogP contribution < -0.4 is 14.8 Å². The largest absolute Gasteiger partial charge is 0.493 e. The number of rotatable bonds is 4. The fourth-order valence-electron chi connectivity index (χ4n) is 2.73. The van der Waals surface area contributed by atoms with Gasteiger partial charge in [-0.2, -0.15) is 0 Å². The first-order chi connectivity index (χ1) is 11.2. The fourth-order valence-corrected chi connectivity index (χ4v) is 2.73. The number of nitrogens with zero attached hydrogens (tertiary/aromatic N) is 1. The van der Waals surface area contributed by atoms with E-state index in [-0.39, 0.29) is 12.1 Å². The first kappa shape index (κ1) is 18.2. The van der Waals surface area contributed by atoms with Crippen LogP contribution in [0.1, 0.15) is 32.8 Å². The highest BCUT2D eigenvalue weighted by atomic mass is 16.6. The number of methoxy groups -OCH3 is 2. The molecule has 1 atom stereocenters. The standard InChI is InChI=1S/C18H28N2O4/c1-12-9-15(22-5)16(23-6)10-14(12)19-13-7-8-20(11-13)17(21)24-18(2,3)4/h9-10,13,19H,7-8,11H2,1-6H3. The van der Waals surface area contributed by atoms with E-state index in [1.165, 1.54) is 0 Å². The average Bonchev–Trinajstić information content (AvgIpc) is 2.96. The second kappa shape index (κ2) is 7.20. The lowest BCUT2D eigenvalue weighted by Crippen LogP contribution is -2.36. The molecular weight excluding hydrogens is 308 g/mol. The number of hydrogen-bond donors (Lipinski definition) is 1. The second-order valence-electron chi connectivity index (χ2n) is 7.08. The zero-order valence-electron chi connectivity index (χ0n) is 15.4. The highest BCUT2D eigenvalue weighted by Crippen LogP contribution is 2.33. The van der Waals surface area contributed by atoms with E-state index < -0.39 is 5.60 Å². The number of ether oxygens (including phenoxy) is 3. The van der Waals surface area contributed by atoms with Crippen molar-refractivity contribution in [3.05, 3.63) is 17.7 Å². The predicted molar refractivity (Wildman–Crippen MR) is 94.1 cm³/mol. The van der Waals surface area contributed by atoms with Gasteiger partial charge in [-0.25, -0.2) is 4.79 Å². The Morgan fingerprint density at radius 2 is 1.83 bits per heavy atom. The third-order valence-corrected chi connectivity index (χ3v) is 3.93. The van der Waals surface area contributed by atoms with Gasteiger partial charge in [0.05, 0.1) is 14.2 Å².